The number of anilines is 1. The van der Waals surface area contributed by atoms with E-state index in [9.17, 15) is 9.59 Å². The molecule has 1 heterocycles. The largest absolute Gasteiger partial charge is 0.493 e. The van der Waals surface area contributed by atoms with Crippen LogP contribution in [-0.2, 0) is 27.4 Å². The van der Waals surface area contributed by atoms with E-state index in [1.807, 2.05) is 36.4 Å². The first-order valence-electron chi connectivity index (χ1n) is 9.53. The Morgan fingerprint density at radius 3 is 2.69 bits per heavy atom. The van der Waals surface area contributed by atoms with Crippen molar-refractivity contribution in [3.8, 4) is 11.5 Å². The van der Waals surface area contributed by atoms with Crippen LogP contribution in [-0.4, -0.2) is 31.1 Å². The highest BCUT2D eigenvalue weighted by atomic mass is 79.9. The molecule has 0 bridgehead atoms. The number of hydrogen-bond acceptors (Lipinski definition) is 7. The van der Waals surface area contributed by atoms with E-state index in [4.69, 9.17) is 9.47 Å². The van der Waals surface area contributed by atoms with Gasteiger partial charge in [0, 0.05) is 11.5 Å². The Bertz CT molecular complexity index is 1110. The molecule has 0 radical (unpaired) electrons. The summed E-state index contributed by atoms with van der Waals surface area (Å²) in [6, 6.07) is 13.4. The van der Waals surface area contributed by atoms with Crippen LogP contribution in [0.15, 0.2) is 58.4 Å². The van der Waals surface area contributed by atoms with Gasteiger partial charge >= 0.3 is 5.97 Å². The Morgan fingerprint density at radius 1 is 1.19 bits per heavy atom. The molecule has 3 rings (SSSR count). The number of aromatic nitrogens is 1. The fourth-order valence-electron chi connectivity index (χ4n) is 2.69. The van der Waals surface area contributed by atoms with Gasteiger partial charge in [-0.2, -0.15) is 0 Å². The number of carbonyl (C=O) groups excluding carboxylic acids is 2. The zero-order valence-corrected chi connectivity index (χ0v) is 19.9. The highest BCUT2D eigenvalue weighted by Gasteiger charge is 2.12. The highest BCUT2D eigenvalue weighted by molar-refractivity contribution is 9.10. The summed E-state index contributed by atoms with van der Waals surface area (Å²) >= 11 is 4.75. The van der Waals surface area contributed by atoms with Crippen LogP contribution >= 0.6 is 27.3 Å². The molecule has 1 amide bonds. The van der Waals surface area contributed by atoms with Gasteiger partial charge in [0.05, 0.1) is 30.8 Å². The monoisotopic (exact) mass is 516 g/mol. The van der Waals surface area contributed by atoms with Crippen molar-refractivity contribution in [2.45, 2.75) is 13.0 Å². The number of carbonyl (C=O) groups is 2. The Kier molecular flexibility index (Phi) is 8.41. The third kappa shape index (κ3) is 6.66. The predicted molar refractivity (Wildman–Crippen MR) is 127 cm³/mol. The number of hydrogen-bond donors (Lipinski definition) is 1. The van der Waals surface area contributed by atoms with Gasteiger partial charge in [0.1, 0.15) is 6.61 Å². The quantitative estimate of drug-likeness (QED) is 0.322. The number of thiazole rings is 1. The minimum Gasteiger partial charge on any atom is -0.493 e. The molecule has 2 aromatic carbocycles. The average molecular weight is 517 g/mol. The van der Waals surface area contributed by atoms with Gasteiger partial charge in [-0.3, -0.25) is 14.9 Å². The van der Waals surface area contributed by atoms with E-state index >= 15 is 0 Å². The lowest BCUT2D eigenvalue weighted by Gasteiger charge is -2.13. The fourth-order valence-corrected chi connectivity index (χ4v) is 3.98. The van der Waals surface area contributed by atoms with Gasteiger partial charge in [0.2, 0.25) is 5.91 Å². The average Bonchev–Trinajstić information content (AvgIpc) is 3.23. The molecule has 1 aromatic heterocycles. The lowest BCUT2D eigenvalue weighted by molar-refractivity contribution is -0.139. The van der Waals surface area contributed by atoms with Gasteiger partial charge in [-0.05, 0) is 45.3 Å². The first-order chi connectivity index (χ1) is 15.5. The molecule has 0 aliphatic carbocycles. The summed E-state index contributed by atoms with van der Waals surface area (Å²) in [6.45, 7) is 0.402. The van der Waals surface area contributed by atoms with Crippen LogP contribution in [0.1, 0.15) is 16.8 Å². The zero-order chi connectivity index (χ0) is 22.9. The maximum absolute atomic E-state index is 12.2. The zero-order valence-electron chi connectivity index (χ0n) is 17.5. The van der Waals surface area contributed by atoms with E-state index in [-0.39, 0.29) is 18.3 Å². The van der Waals surface area contributed by atoms with Crippen LogP contribution in [0.25, 0.3) is 6.08 Å². The lowest BCUT2D eigenvalue weighted by Crippen LogP contribution is -2.08. The fraction of sp³-hybridized carbons (Fsp3) is 0.174. The van der Waals surface area contributed by atoms with E-state index < -0.39 is 0 Å². The highest BCUT2D eigenvalue weighted by Crippen LogP contribution is 2.37. The minimum atomic E-state index is -0.385. The van der Waals surface area contributed by atoms with Gasteiger partial charge < -0.3 is 14.2 Å². The molecule has 1 N–H and O–H groups in total. The maximum Gasteiger partial charge on any atom is 0.311 e. The van der Waals surface area contributed by atoms with Gasteiger partial charge in [0.25, 0.3) is 0 Å². The Balaban J connectivity index is 1.64. The molecular formula is C23H21BrN2O5S. The van der Waals surface area contributed by atoms with Crippen LogP contribution in [0.3, 0.4) is 0 Å². The van der Waals surface area contributed by atoms with Crippen molar-refractivity contribution in [3.05, 3.63) is 75.2 Å². The Hall–Kier alpha value is -3.17. The number of rotatable bonds is 9. The second kappa shape index (κ2) is 11.4. The number of amides is 1. The number of nitrogens with one attached hydrogen (secondary N) is 1. The second-order valence-corrected chi connectivity index (χ2v) is 8.24. The minimum absolute atomic E-state index is 0.0607. The number of methoxy groups -OCH3 is 2. The molecule has 0 fully saturated rings. The standard InChI is InChI=1S/C23H21BrN2O5S/c1-29-19-11-16(10-18(24)22(19)31-13-15-6-4-3-5-7-15)8-9-20(27)26-23-25-17(14-32-23)12-21(28)30-2/h3-11,14H,12-13H2,1-2H3,(H,25,26,27)/b9-8+. The van der Waals surface area contributed by atoms with E-state index in [0.29, 0.717) is 33.4 Å². The molecule has 0 aliphatic heterocycles. The molecule has 0 atom stereocenters. The van der Waals surface area contributed by atoms with Crippen molar-refractivity contribution in [1.82, 2.24) is 4.98 Å². The molecule has 0 saturated heterocycles. The predicted octanol–water partition coefficient (Wildman–Crippen LogP) is 4.86. The van der Waals surface area contributed by atoms with Crippen molar-refractivity contribution >= 4 is 50.4 Å². The van der Waals surface area contributed by atoms with E-state index in [1.54, 1.807) is 24.6 Å². The normalized spacial score (nSPS) is 10.7. The number of ether oxygens (including phenoxy) is 3. The van der Waals surface area contributed by atoms with Crippen LogP contribution in [0.4, 0.5) is 5.13 Å². The summed E-state index contributed by atoms with van der Waals surface area (Å²) in [5.74, 6) is 0.397. The third-order valence-electron chi connectivity index (χ3n) is 4.24. The molecule has 9 heteroatoms. The summed E-state index contributed by atoms with van der Waals surface area (Å²) < 4.78 is 16.7. The van der Waals surface area contributed by atoms with Crippen molar-refractivity contribution in [3.63, 3.8) is 0 Å². The Morgan fingerprint density at radius 2 is 1.97 bits per heavy atom. The SMILES string of the molecule is COC(=O)Cc1csc(NC(=O)/C=C/c2cc(Br)c(OCc3ccccc3)c(OC)c2)n1. The third-order valence-corrected chi connectivity index (χ3v) is 5.64. The van der Waals surface area contributed by atoms with Crippen LogP contribution < -0.4 is 14.8 Å². The summed E-state index contributed by atoms with van der Waals surface area (Å²) in [5, 5.41) is 4.78. The van der Waals surface area contributed by atoms with Crippen molar-refractivity contribution in [2.75, 3.05) is 19.5 Å². The molecule has 3 aromatic rings. The summed E-state index contributed by atoms with van der Waals surface area (Å²) in [5.41, 5.74) is 2.33. The molecule has 0 saturated carbocycles. The topological polar surface area (TPSA) is 86.8 Å². The van der Waals surface area contributed by atoms with E-state index in [0.717, 1.165) is 11.1 Å². The molecular weight excluding hydrogens is 496 g/mol. The smallest absolute Gasteiger partial charge is 0.311 e. The summed E-state index contributed by atoms with van der Waals surface area (Å²) in [7, 11) is 2.88. The first kappa shape index (κ1) is 23.5. The van der Waals surface area contributed by atoms with Crippen molar-refractivity contribution in [2.24, 2.45) is 0 Å². The maximum atomic E-state index is 12.2. The number of esters is 1. The van der Waals surface area contributed by atoms with Gasteiger partial charge in [-0.15, -0.1) is 11.3 Å². The summed E-state index contributed by atoms with van der Waals surface area (Å²) in [4.78, 5) is 27.8. The lowest BCUT2D eigenvalue weighted by atomic mass is 10.2. The first-order valence-corrected chi connectivity index (χ1v) is 11.2. The van der Waals surface area contributed by atoms with Gasteiger partial charge in [-0.1, -0.05) is 30.3 Å². The Labute approximate surface area is 198 Å². The van der Waals surface area contributed by atoms with Crippen LogP contribution in [0, 0.1) is 0 Å². The second-order valence-electron chi connectivity index (χ2n) is 6.53. The summed E-state index contributed by atoms with van der Waals surface area (Å²) in [6.07, 6.45) is 3.12. The molecule has 0 aliphatic rings. The van der Waals surface area contributed by atoms with E-state index in [2.05, 4.69) is 31.0 Å². The van der Waals surface area contributed by atoms with Gasteiger partial charge in [0.15, 0.2) is 16.6 Å². The van der Waals surface area contributed by atoms with Crippen molar-refractivity contribution in [1.29, 1.82) is 0 Å². The molecule has 7 nitrogen and oxygen atoms in total. The van der Waals surface area contributed by atoms with Gasteiger partial charge in [-0.25, -0.2) is 4.98 Å². The number of nitrogens with zero attached hydrogens (tertiary/aromatic N) is 1. The van der Waals surface area contributed by atoms with Crippen molar-refractivity contribution < 1.29 is 23.8 Å². The van der Waals surface area contributed by atoms with Crippen LogP contribution in [0.2, 0.25) is 0 Å². The molecule has 0 spiro atoms. The number of halogens is 1. The molecule has 32 heavy (non-hydrogen) atoms. The molecule has 0 unspecified atom stereocenters. The molecule has 166 valence electrons. The number of benzene rings is 2. The van der Waals surface area contributed by atoms with Crippen LogP contribution in [0.5, 0.6) is 11.5 Å². The van der Waals surface area contributed by atoms with E-state index in [1.165, 1.54) is 24.5 Å².